The Morgan fingerprint density at radius 2 is 2.29 bits per heavy atom. The van der Waals surface area contributed by atoms with Crippen LogP contribution in [0.5, 0.6) is 0 Å². The number of benzene rings is 1. The van der Waals surface area contributed by atoms with Gasteiger partial charge in [-0.2, -0.15) is 4.98 Å². The van der Waals surface area contributed by atoms with E-state index < -0.39 is 6.10 Å². The Morgan fingerprint density at radius 1 is 1.47 bits per heavy atom. The molecule has 1 aromatic carbocycles. The predicted molar refractivity (Wildman–Crippen MR) is 62.3 cm³/mol. The van der Waals surface area contributed by atoms with Crippen LogP contribution in [0.1, 0.15) is 28.9 Å². The summed E-state index contributed by atoms with van der Waals surface area (Å²) in [5.74, 6) is 0.730. The van der Waals surface area contributed by atoms with Crippen molar-refractivity contribution in [2.45, 2.75) is 19.4 Å². The minimum Gasteiger partial charge on any atom is -0.382 e. The fourth-order valence-electron chi connectivity index (χ4n) is 1.58. The normalized spacial score (nSPS) is 12.6. The van der Waals surface area contributed by atoms with Gasteiger partial charge in [-0.15, -0.1) is 0 Å². The number of nitrogens with zero attached hydrogens (tertiary/aromatic N) is 2. The average molecular weight is 233 g/mol. The van der Waals surface area contributed by atoms with Crippen LogP contribution in [0.4, 0.5) is 0 Å². The second kappa shape index (κ2) is 5.07. The maximum atomic E-state index is 9.43. The highest BCUT2D eigenvalue weighted by Gasteiger charge is 2.14. The molecular formula is C12H15N3O2. The van der Waals surface area contributed by atoms with Crippen LogP contribution in [-0.2, 0) is 6.42 Å². The fraction of sp³-hybridized carbons (Fsp3) is 0.333. The third kappa shape index (κ3) is 2.89. The van der Waals surface area contributed by atoms with Gasteiger partial charge in [0, 0.05) is 13.0 Å². The number of aromatic nitrogens is 2. The van der Waals surface area contributed by atoms with E-state index >= 15 is 0 Å². The summed E-state index contributed by atoms with van der Waals surface area (Å²) in [4.78, 5) is 4.10. The number of hydrogen-bond acceptors (Lipinski definition) is 5. The first kappa shape index (κ1) is 11.8. The summed E-state index contributed by atoms with van der Waals surface area (Å²) in [7, 11) is 0. The molecule has 90 valence electrons. The molecule has 0 aliphatic heterocycles. The second-order valence-corrected chi connectivity index (χ2v) is 3.97. The Morgan fingerprint density at radius 3 is 3.00 bits per heavy atom. The number of hydrogen-bond donors (Lipinski definition) is 2. The molecule has 0 aliphatic rings. The second-order valence-electron chi connectivity index (χ2n) is 3.97. The molecule has 3 N–H and O–H groups in total. The van der Waals surface area contributed by atoms with Crippen molar-refractivity contribution in [3.05, 3.63) is 47.1 Å². The van der Waals surface area contributed by atoms with Crippen LogP contribution in [0.25, 0.3) is 0 Å². The Bertz CT molecular complexity index is 496. The first-order chi connectivity index (χ1) is 8.19. The van der Waals surface area contributed by atoms with Gasteiger partial charge in [0.15, 0.2) is 5.82 Å². The number of nitrogens with two attached hydrogens (primary N) is 1. The minimum absolute atomic E-state index is 0.0755. The topological polar surface area (TPSA) is 85.2 Å². The maximum absolute atomic E-state index is 9.43. The van der Waals surface area contributed by atoms with Gasteiger partial charge in [0.25, 0.3) is 5.89 Å². The van der Waals surface area contributed by atoms with E-state index in [1.165, 1.54) is 5.56 Å². The van der Waals surface area contributed by atoms with E-state index in [-0.39, 0.29) is 12.4 Å². The molecule has 0 saturated heterocycles. The van der Waals surface area contributed by atoms with Gasteiger partial charge < -0.3 is 15.4 Å². The lowest BCUT2D eigenvalue weighted by Gasteiger charge is -1.99. The van der Waals surface area contributed by atoms with Crippen molar-refractivity contribution >= 4 is 0 Å². The van der Waals surface area contributed by atoms with Gasteiger partial charge in [-0.3, -0.25) is 0 Å². The Kier molecular flexibility index (Phi) is 3.51. The Labute approximate surface area is 99.3 Å². The van der Waals surface area contributed by atoms with Crippen molar-refractivity contribution < 1.29 is 9.63 Å². The lowest BCUT2D eigenvalue weighted by atomic mass is 10.1. The summed E-state index contributed by atoms with van der Waals surface area (Å²) >= 11 is 0. The zero-order chi connectivity index (χ0) is 12.3. The van der Waals surface area contributed by atoms with Crippen molar-refractivity contribution in [1.29, 1.82) is 0 Å². The minimum atomic E-state index is -0.881. The zero-order valence-electron chi connectivity index (χ0n) is 9.63. The van der Waals surface area contributed by atoms with E-state index in [4.69, 9.17) is 10.3 Å². The van der Waals surface area contributed by atoms with Gasteiger partial charge in [0.1, 0.15) is 6.10 Å². The highest BCUT2D eigenvalue weighted by Crippen LogP contribution is 2.12. The average Bonchev–Trinajstić information content (AvgIpc) is 2.76. The summed E-state index contributed by atoms with van der Waals surface area (Å²) < 4.78 is 4.93. The number of aliphatic hydroxyl groups is 1. The summed E-state index contributed by atoms with van der Waals surface area (Å²) in [5, 5.41) is 13.2. The van der Waals surface area contributed by atoms with Crippen molar-refractivity contribution in [2.24, 2.45) is 5.73 Å². The quantitative estimate of drug-likeness (QED) is 0.821. The third-order valence-electron chi connectivity index (χ3n) is 2.44. The number of rotatable bonds is 4. The van der Waals surface area contributed by atoms with Crippen LogP contribution in [0, 0.1) is 6.92 Å². The molecule has 5 heteroatoms. The van der Waals surface area contributed by atoms with E-state index in [0.717, 1.165) is 5.56 Å². The van der Waals surface area contributed by atoms with E-state index in [0.29, 0.717) is 12.2 Å². The smallest absolute Gasteiger partial charge is 0.256 e. The van der Waals surface area contributed by atoms with Gasteiger partial charge in [0.2, 0.25) is 0 Å². The molecule has 5 nitrogen and oxygen atoms in total. The molecule has 0 radical (unpaired) electrons. The predicted octanol–water partition coefficient (Wildman–Crippen LogP) is 0.961. The maximum Gasteiger partial charge on any atom is 0.256 e. The number of aryl methyl sites for hydroxylation is 1. The first-order valence-electron chi connectivity index (χ1n) is 5.45. The van der Waals surface area contributed by atoms with Crippen molar-refractivity contribution in [3.8, 4) is 0 Å². The fourth-order valence-corrected chi connectivity index (χ4v) is 1.58. The molecule has 1 heterocycles. The van der Waals surface area contributed by atoms with E-state index in [2.05, 4.69) is 16.2 Å². The monoisotopic (exact) mass is 233 g/mol. The highest BCUT2D eigenvalue weighted by atomic mass is 16.5. The van der Waals surface area contributed by atoms with Gasteiger partial charge in [-0.25, -0.2) is 0 Å². The van der Waals surface area contributed by atoms with Crippen LogP contribution < -0.4 is 5.73 Å². The molecule has 0 spiro atoms. The van der Waals surface area contributed by atoms with Crippen LogP contribution >= 0.6 is 0 Å². The van der Waals surface area contributed by atoms with E-state index in [1.807, 2.05) is 25.1 Å². The van der Waals surface area contributed by atoms with E-state index in [1.54, 1.807) is 0 Å². The summed E-state index contributed by atoms with van der Waals surface area (Å²) in [6, 6.07) is 8.08. The summed E-state index contributed by atoms with van der Waals surface area (Å²) in [5.41, 5.74) is 7.61. The molecular weight excluding hydrogens is 218 g/mol. The van der Waals surface area contributed by atoms with E-state index in [9.17, 15) is 5.11 Å². The molecule has 17 heavy (non-hydrogen) atoms. The molecule has 0 bridgehead atoms. The molecule has 0 aliphatic carbocycles. The van der Waals surface area contributed by atoms with Gasteiger partial charge in [-0.05, 0) is 12.5 Å². The molecule has 1 atom stereocenters. The molecule has 0 saturated carbocycles. The van der Waals surface area contributed by atoms with Crippen LogP contribution in [0.2, 0.25) is 0 Å². The van der Waals surface area contributed by atoms with Gasteiger partial charge in [-0.1, -0.05) is 35.0 Å². The van der Waals surface area contributed by atoms with Crippen LogP contribution in [0.15, 0.2) is 28.8 Å². The summed E-state index contributed by atoms with van der Waals surface area (Å²) in [6.07, 6.45) is -0.295. The first-order valence-corrected chi connectivity index (χ1v) is 5.45. The molecule has 2 aromatic rings. The van der Waals surface area contributed by atoms with Crippen molar-refractivity contribution in [3.63, 3.8) is 0 Å². The van der Waals surface area contributed by atoms with Gasteiger partial charge >= 0.3 is 0 Å². The molecule has 1 aromatic heterocycles. The van der Waals surface area contributed by atoms with Gasteiger partial charge in [0.05, 0.1) is 0 Å². The SMILES string of the molecule is Cc1cccc(Cc2noc([C@@H](O)CN)n2)c1. The van der Waals surface area contributed by atoms with Crippen molar-refractivity contribution in [1.82, 2.24) is 10.1 Å². The zero-order valence-corrected chi connectivity index (χ0v) is 9.63. The Hall–Kier alpha value is -1.72. The largest absolute Gasteiger partial charge is 0.382 e. The molecule has 0 fully saturated rings. The van der Waals surface area contributed by atoms with Crippen LogP contribution in [0.3, 0.4) is 0 Å². The Balaban J connectivity index is 2.11. The summed E-state index contributed by atoms with van der Waals surface area (Å²) in [6.45, 7) is 2.11. The lowest BCUT2D eigenvalue weighted by molar-refractivity contribution is 0.141. The molecule has 0 unspecified atom stereocenters. The highest BCUT2D eigenvalue weighted by molar-refractivity contribution is 5.24. The molecule has 2 rings (SSSR count). The number of aliphatic hydroxyl groups excluding tert-OH is 1. The standard InChI is InChI=1S/C12H15N3O2/c1-8-3-2-4-9(5-8)6-11-14-12(17-15-11)10(16)7-13/h2-5,10,16H,6-7,13H2,1H3/t10-/m0/s1. The van der Waals surface area contributed by atoms with Crippen molar-refractivity contribution in [2.75, 3.05) is 6.54 Å². The lowest BCUT2D eigenvalue weighted by Crippen LogP contribution is -2.11. The third-order valence-corrected chi connectivity index (χ3v) is 2.44. The molecule has 0 amide bonds. The van der Waals surface area contributed by atoms with Crippen LogP contribution in [-0.4, -0.2) is 21.8 Å².